The van der Waals surface area contributed by atoms with E-state index in [2.05, 4.69) is 33.0 Å². The van der Waals surface area contributed by atoms with Crippen molar-refractivity contribution in [3.05, 3.63) is 0 Å². The van der Waals surface area contributed by atoms with E-state index in [1.165, 1.54) is 25.7 Å². The molecule has 1 fully saturated rings. The predicted octanol–water partition coefficient (Wildman–Crippen LogP) is 2.97. The van der Waals surface area contributed by atoms with Crippen molar-refractivity contribution in [2.75, 3.05) is 13.2 Å². The quantitative estimate of drug-likeness (QED) is 0.758. The largest absolute Gasteiger partial charge is 0.374 e. The zero-order chi connectivity index (χ0) is 11.3. The van der Waals surface area contributed by atoms with E-state index in [-0.39, 0.29) is 5.60 Å². The SMILES string of the molecule is CCNC(COC(C)(C)C)C1CCCC1. The summed E-state index contributed by atoms with van der Waals surface area (Å²) < 4.78 is 5.89. The Bertz CT molecular complexity index is 168. The molecule has 1 aliphatic rings. The van der Waals surface area contributed by atoms with E-state index >= 15 is 0 Å². The summed E-state index contributed by atoms with van der Waals surface area (Å²) in [7, 11) is 0. The normalized spacial score (nSPS) is 20.8. The summed E-state index contributed by atoms with van der Waals surface area (Å²) in [6.45, 7) is 10.5. The van der Waals surface area contributed by atoms with Crippen LogP contribution in [-0.4, -0.2) is 24.8 Å². The van der Waals surface area contributed by atoms with Gasteiger partial charge in [0.25, 0.3) is 0 Å². The Kier molecular flexibility index (Phi) is 5.07. The maximum absolute atomic E-state index is 5.89. The molecule has 90 valence electrons. The zero-order valence-electron chi connectivity index (χ0n) is 10.8. The summed E-state index contributed by atoms with van der Waals surface area (Å²) in [5, 5.41) is 3.57. The van der Waals surface area contributed by atoms with Crippen molar-refractivity contribution in [3.63, 3.8) is 0 Å². The minimum atomic E-state index is -0.00766. The van der Waals surface area contributed by atoms with Gasteiger partial charge < -0.3 is 10.1 Å². The fourth-order valence-electron chi connectivity index (χ4n) is 2.32. The van der Waals surface area contributed by atoms with Gasteiger partial charge >= 0.3 is 0 Å². The van der Waals surface area contributed by atoms with Crippen LogP contribution in [0.1, 0.15) is 53.4 Å². The molecule has 0 aliphatic heterocycles. The van der Waals surface area contributed by atoms with Crippen LogP contribution in [0, 0.1) is 5.92 Å². The van der Waals surface area contributed by atoms with E-state index < -0.39 is 0 Å². The van der Waals surface area contributed by atoms with Crippen molar-refractivity contribution in [2.45, 2.75) is 65.0 Å². The lowest BCUT2D eigenvalue weighted by Crippen LogP contribution is -2.41. The van der Waals surface area contributed by atoms with Gasteiger partial charge in [0.15, 0.2) is 0 Å². The highest BCUT2D eigenvalue weighted by atomic mass is 16.5. The fraction of sp³-hybridized carbons (Fsp3) is 1.00. The van der Waals surface area contributed by atoms with E-state index in [0.29, 0.717) is 6.04 Å². The van der Waals surface area contributed by atoms with Crippen LogP contribution in [0.5, 0.6) is 0 Å². The molecule has 2 heteroatoms. The van der Waals surface area contributed by atoms with Gasteiger partial charge in [-0.15, -0.1) is 0 Å². The van der Waals surface area contributed by atoms with Crippen LogP contribution in [0.4, 0.5) is 0 Å². The topological polar surface area (TPSA) is 21.3 Å². The first-order valence-electron chi connectivity index (χ1n) is 6.40. The summed E-state index contributed by atoms with van der Waals surface area (Å²) >= 11 is 0. The molecule has 0 radical (unpaired) electrons. The van der Waals surface area contributed by atoms with Crippen LogP contribution < -0.4 is 5.32 Å². The molecule has 15 heavy (non-hydrogen) atoms. The molecular weight excluding hydrogens is 186 g/mol. The highest BCUT2D eigenvalue weighted by Crippen LogP contribution is 2.28. The number of nitrogens with one attached hydrogen (secondary N) is 1. The van der Waals surface area contributed by atoms with E-state index in [4.69, 9.17) is 4.74 Å². The Morgan fingerprint density at radius 2 is 1.87 bits per heavy atom. The molecule has 0 saturated heterocycles. The first kappa shape index (κ1) is 13.0. The van der Waals surface area contributed by atoms with Gasteiger partial charge in [-0.1, -0.05) is 19.8 Å². The molecule has 0 aromatic rings. The lowest BCUT2D eigenvalue weighted by atomic mass is 9.98. The molecule has 0 bridgehead atoms. The van der Waals surface area contributed by atoms with Gasteiger partial charge in [0.2, 0.25) is 0 Å². The Hall–Kier alpha value is -0.0800. The van der Waals surface area contributed by atoms with Crippen LogP contribution in [0.25, 0.3) is 0 Å². The maximum atomic E-state index is 5.89. The second kappa shape index (κ2) is 5.86. The van der Waals surface area contributed by atoms with E-state index in [1.54, 1.807) is 0 Å². The summed E-state index contributed by atoms with van der Waals surface area (Å²) in [5.74, 6) is 0.840. The van der Waals surface area contributed by atoms with Crippen LogP contribution >= 0.6 is 0 Å². The number of rotatable bonds is 5. The third-order valence-corrected chi connectivity index (χ3v) is 3.13. The van der Waals surface area contributed by atoms with Gasteiger partial charge in [0.1, 0.15) is 0 Å². The van der Waals surface area contributed by atoms with Crippen LogP contribution in [0.2, 0.25) is 0 Å². The van der Waals surface area contributed by atoms with Crippen molar-refractivity contribution < 1.29 is 4.74 Å². The molecule has 1 saturated carbocycles. The minimum absolute atomic E-state index is 0.00766. The Morgan fingerprint density at radius 1 is 1.27 bits per heavy atom. The number of hydrogen-bond acceptors (Lipinski definition) is 2. The number of hydrogen-bond donors (Lipinski definition) is 1. The van der Waals surface area contributed by atoms with Crippen molar-refractivity contribution in [2.24, 2.45) is 5.92 Å². The van der Waals surface area contributed by atoms with Crippen molar-refractivity contribution in [1.82, 2.24) is 5.32 Å². The standard InChI is InChI=1S/C13H27NO/c1-5-14-12(10-15-13(2,3)4)11-8-6-7-9-11/h11-12,14H,5-10H2,1-4H3. The lowest BCUT2D eigenvalue weighted by Gasteiger charge is -2.28. The van der Waals surface area contributed by atoms with Gasteiger partial charge in [-0.05, 0) is 46.1 Å². The summed E-state index contributed by atoms with van der Waals surface area (Å²) in [5.41, 5.74) is -0.00766. The molecule has 0 amide bonds. The van der Waals surface area contributed by atoms with Crippen LogP contribution in [0.3, 0.4) is 0 Å². The smallest absolute Gasteiger partial charge is 0.0629 e. The van der Waals surface area contributed by atoms with Gasteiger partial charge in [0.05, 0.1) is 12.2 Å². The number of likely N-dealkylation sites (N-methyl/N-ethyl adjacent to an activating group) is 1. The molecule has 2 nitrogen and oxygen atoms in total. The summed E-state index contributed by atoms with van der Waals surface area (Å²) in [6.07, 6.45) is 5.57. The monoisotopic (exact) mass is 213 g/mol. The average Bonchev–Trinajstić information content (AvgIpc) is 2.63. The van der Waals surface area contributed by atoms with Crippen molar-refractivity contribution in [1.29, 1.82) is 0 Å². The van der Waals surface area contributed by atoms with Crippen LogP contribution in [-0.2, 0) is 4.74 Å². The van der Waals surface area contributed by atoms with Gasteiger partial charge in [0, 0.05) is 6.04 Å². The third-order valence-electron chi connectivity index (χ3n) is 3.13. The fourth-order valence-corrected chi connectivity index (χ4v) is 2.32. The number of ether oxygens (including phenoxy) is 1. The molecule has 0 heterocycles. The molecule has 1 unspecified atom stereocenters. The molecule has 1 rings (SSSR count). The maximum Gasteiger partial charge on any atom is 0.0629 e. The highest BCUT2D eigenvalue weighted by Gasteiger charge is 2.25. The third kappa shape index (κ3) is 4.98. The summed E-state index contributed by atoms with van der Waals surface area (Å²) in [4.78, 5) is 0. The van der Waals surface area contributed by atoms with Gasteiger partial charge in [-0.2, -0.15) is 0 Å². The van der Waals surface area contributed by atoms with Gasteiger partial charge in [-0.3, -0.25) is 0 Å². The molecule has 1 N–H and O–H groups in total. The Labute approximate surface area is 94.8 Å². The first-order chi connectivity index (χ1) is 7.03. The molecule has 1 aliphatic carbocycles. The van der Waals surface area contributed by atoms with Crippen molar-refractivity contribution in [3.8, 4) is 0 Å². The second-order valence-electron chi connectivity index (χ2n) is 5.63. The highest BCUT2D eigenvalue weighted by molar-refractivity contribution is 4.81. The van der Waals surface area contributed by atoms with E-state index in [1.807, 2.05) is 0 Å². The predicted molar refractivity (Wildman–Crippen MR) is 65.1 cm³/mol. The average molecular weight is 213 g/mol. The lowest BCUT2D eigenvalue weighted by molar-refractivity contribution is -0.0216. The van der Waals surface area contributed by atoms with E-state index in [0.717, 1.165) is 19.1 Å². The molecule has 0 aromatic carbocycles. The van der Waals surface area contributed by atoms with E-state index in [9.17, 15) is 0 Å². The Morgan fingerprint density at radius 3 is 2.33 bits per heavy atom. The van der Waals surface area contributed by atoms with Gasteiger partial charge in [-0.25, -0.2) is 0 Å². The second-order valence-corrected chi connectivity index (χ2v) is 5.63. The first-order valence-corrected chi connectivity index (χ1v) is 6.40. The molecule has 0 aromatic heterocycles. The zero-order valence-corrected chi connectivity index (χ0v) is 10.8. The molecule has 0 spiro atoms. The molecule has 1 atom stereocenters. The van der Waals surface area contributed by atoms with Crippen LogP contribution in [0.15, 0.2) is 0 Å². The van der Waals surface area contributed by atoms with Crippen molar-refractivity contribution >= 4 is 0 Å². The minimum Gasteiger partial charge on any atom is -0.374 e. The molecular formula is C13H27NO. The summed E-state index contributed by atoms with van der Waals surface area (Å²) in [6, 6.07) is 0.566. The Balaban J connectivity index is 2.35.